The summed E-state index contributed by atoms with van der Waals surface area (Å²) in [5.74, 6) is 1.79. The highest BCUT2D eigenvalue weighted by atomic mass is 35.5. The van der Waals surface area contributed by atoms with Gasteiger partial charge in [-0.1, -0.05) is 41.9 Å². The maximum Gasteiger partial charge on any atom is 0.279 e. The Balaban J connectivity index is 1.74. The number of nitrogens with zero attached hydrogens (tertiary/aromatic N) is 2. The SMILES string of the molecule is COc1ccc(CN2c3cccc[n+]3C[C@]2(O)c2ccc(Cl)cc2)cc1. The molecule has 2 heterocycles. The van der Waals surface area contributed by atoms with Crippen molar-refractivity contribution in [1.29, 1.82) is 0 Å². The second-order valence-corrected chi connectivity index (χ2v) is 6.88. The first-order chi connectivity index (χ1) is 12.6. The lowest BCUT2D eigenvalue weighted by molar-refractivity contribution is -0.683. The van der Waals surface area contributed by atoms with E-state index in [9.17, 15) is 5.11 Å². The minimum Gasteiger partial charge on any atom is -0.497 e. The molecule has 0 amide bonds. The van der Waals surface area contributed by atoms with Crippen LogP contribution < -0.4 is 14.2 Å². The standard InChI is InChI=1S/C21H20ClN2O2/c1-26-19-11-5-16(6-12-19)14-24-20-4-2-3-13-23(20)15-21(24,25)17-7-9-18(22)10-8-17/h2-13,25H,14-15H2,1H3/q+1/t21-/m0/s1. The Hall–Kier alpha value is -2.56. The van der Waals surface area contributed by atoms with Gasteiger partial charge < -0.3 is 9.84 Å². The average molecular weight is 368 g/mol. The van der Waals surface area contributed by atoms with E-state index in [2.05, 4.69) is 4.57 Å². The Kier molecular flexibility index (Phi) is 4.31. The maximum absolute atomic E-state index is 11.6. The van der Waals surface area contributed by atoms with Gasteiger partial charge in [0.1, 0.15) is 12.3 Å². The molecular weight excluding hydrogens is 348 g/mol. The minimum absolute atomic E-state index is 0.459. The van der Waals surface area contributed by atoms with Gasteiger partial charge in [-0.2, -0.15) is 0 Å². The third-order valence-corrected chi connectivity index (χ3v) is 5.09. The van der Waals surface area contributed by atoms with Crippen molar-refractivity contribution in [2.45, 2.75) is 18.8 Å². The zero-order chi connectivity index (χ0) is 18.1. The quantitative estimate of drug-likeness (QED) is 0.717. The molecule has 1 aromatic heterocycles. The number of benzene rings is 2. The number of halogens is 1. The Morgan fingerprint density at radius 3 is 2.50 bits per heavy atom. The summed E-state index contributed by atoms with van der Waals surface area (Å²) in [6, 6.07) is 21.3. The molecule has 0 bridgehead atoms. The average Bonchev–Trinajstić information content (AvgIpc) is 2.96. The fourth-order valence-electron chi connectivity index (χ4n) is 3.45. The second-order valence-electron chi connectivity index (χ2n) is 6.44. The molecule has 4 rings (SSSR count). The van der Waals surface area contributed by atoms with Crippen LogP contribution in [0.2, 0.25) is 5.02 Å². The molecule has 3 aromatic rings. The number of ether oxygens (including phenoxy) is 1. The first-order valence-corrected chi connectivity index (χ1v) is 8.85. The minimum atomic E-state index is -1.14. The first-order valence-electron chi connectivity index (χ1n) is 8.47. The smallest absolute Gasteiger partial charge is 0.279 e. The van der Waals surface area contributed by atoms with E-state index in [0.717, 1.165) is 22.7 Å². The normalized spacial score (nSPS) is 18.7. The van der Waals surface area contributed by atoms with Crippen LogP contribution in [0.3, 0.4) is 0 Å². The van der Waals surface area contributed by atoms with Gasteiger partial charge in [0, 0.05) is 16.7 Å². The van der Waals surface area contributed by atoms with E-state index in [1.165, 1.54) is 0 Å². The van der Waals surface area contributed by atoms with Gasteiger partial charge in [0.25, 0.3) is 11.5 Å². The summed E-state index contributed by atoms with van der Waals surface area (Å²) in [6.07, 6.45) is 1.99. The molecule has 0 unspecified atom stereocenters. The Labute approximate surface area is 157 Å². The van der Waals surface area contributed by atoms with Crippen molar-refractivity contribution < 1.29 is 14.4 Å². The molecule has 0 saturated heterocycles. The van der Waals surface area contributed by atoms with Gasteiger partial charge in [0.05, 0.1) is 13.3 Å². The molecule has 2 aromatic carbocycles. The van der Waals surface area contributed by atoms with Crippen molar-refractivity contribution in [1.82, 2.24) is 0 Å². The molecule has 26 heavy (non-hydrogen) atoms. The first kappa shape index (κ1) is 16.9. The number of pyridine rings is 1. The Morgan fingerprint density at radius 2 is 1.81 bits per heavy atom. The lowest BCUT2D eigenvalue weighted by Crippen LogP contribution is -2.45. The van der Waals surface area contributed by atoms with Gasteiger partial charge in [-0.25, -0.2) is 9.47 Å². The molecule has 0 radical (unpaired) electrons. The molecule has 1 atom stereocenters. The molecule has 5 heteroatoms. The summed E-state index contributed by atoms with van der Waals surface area (Å²) < 4.78 is 7.30. The predicted octanol–water partition coefficient (Wildman–Crippen LogP) is 3.50. The molecule has 1 aliphatic rings. The van der Waals surface area contributed by atoms with Crippen molar-refractivity contribution in [2.24, 2.45) is 0 Å². The van der Waals surface area contributed by atoms with Gasteiger partial charge in [-0.05, 0) is 35.9 Å². The summed E-state index contributed by atoms with van der Waals surface area (Å²) in [7, 11) is 1.65. The van der Waals surface area contributed by atoms with E-state index in [1.807, 2.05) is 77.8 Å². The molecule has 1 N–H and O–H groups in total. The van der Waals surface area contributed by atoms with Gasteiger partial charge in [-0.3, -0.25) is 0 Å². The van der Waals surface area contributed by atoms with E-state index in [0.29, 0.717) is 18.1 Å². The van der Waals surface area contributed by atoms with Crippen LogP contribution in [0.25, 0.3) is 0 Å². The Bertz CT molecular complexity index is 912. The number of hydrogen-bond donors (Lipinski definition) is 1. The van der Waals surface area contributed by atoms with Crippen molar-refractivity contribution in [3.8, 4) is 5.75 Å². The van der Waals surface area contributed by atoms with Crippen molar-refractivity contribution >= 4 is 17.4 Å². The summed E-state index contributed by atoms with van der Waals surface area (Å²) in [5.41, 5.74) is 0.772. The number of hydrogen-bond acceptors (Lipinski definition) is 3. The zero-order valence-corrected chi connectivity index (χ0v) is 15.2. The van der Waals surface area contributed by atoms with Crippen LogP contribution in [0.1, 0.15) is 11.1 Å². The van der Waals surface area contributed by atoms with Gasteiger partial charge in [0.15, 0.2) is 6.54 Å². The fourth-order valence-corrected chi connectivity index (χ4v) is 3.57. The topological polar surface area (TPSA) is 36.6 Å². The van der Waals surface area contributed by atoms with E-state index >= 15 is 0 Å². The molecule has 4 nitrogen and oxygen atoms in total. The highest BCUT2D eigenvalue weighted by molar-refractivity contribution is 6.30. The zero-order valence-electron chi connectivity index (χ0n) is 14.5. The maximum atomic E-state index is 11.6. The summed E-state index contributed by atoms with van der Waals surface area (Å²) in [5, 5.41) is 12.3. The van der Waals surface area contributed by atoms with Crippen molar-refractivity contribution in [3.05, 3.63) is 89.1 Å². The number of anilines is 1. The summed E-state index contributed by atoms with van der Waals surface area (Å²) >= 11 is 6.04. The number of aliphatic hydroxyl groups is 1. The largest absolute Gasteiger partial charge is 0.497 e. The van der Waals surface area contributed by atoms with Crippen LogP contribution in [-0.2, 0) is 18.8 Å². The monoisotopic (exact) mass is 367 g/mol. The molecular formula is C21H20ClN2O2+. The Morgan fingerprint density at radius 1 is 1.08 bits per heavy atom. The number of methoxy groups -OCH3 is 1. The molecule has 0 saturated carbocycles. The lowest BCUT2D eigenvalue weighted by Gasteiger charge is -2.27. The number of rotatable bonds is 4. The molecule has 0 spiro atoms. The van der Waals surface area contributed by atoms with Gasteiger partial charge >= 0.3 is 0 Å². The van der Waals surface area contributed by atoms with Crippen LogP contribution in [0.5, 0.6) is 5.75 Å². The third-order valence-electron chi connectivity index (χ3n) is 4.84. The molecule has 1 aliphatic heterocycles. The van der Waals surface area contributed by atoms with Crippen LogP contribution in [0, 0.1) is 0 Å². The molecule has 0 fully saturated rings. The molecule has 0 aliphatic carbocycles. The van der Waals surface area contributed by atoms with E-state index in [4.69, 9.17) is 16.3 Å². The van der Waals surface area contributed by atoms with E-state index in [1.54, 1.807) is 7.11 Å². The number of fused-ring (bicyclic) bond motifs is 1. The highest BCUT2D eigenvalue weighted by Gasteiger charge is 2.51. The highest BCUT2D eigenvalue weighted by Crippen LogP contribution is 2.36. The second kappa shape index (κ2) is 6.63. The van der Waals surface area contributed by atoms with Crippen LogP contribution in [0.4, 0.5) is 5.82 Å². The van der Waals surface area contributed by atoms with Crippen molar-refractivity contribution in [2.75, 3.05) is 12.0 Å². The van der Waals surface area contributed by atoms with Gasteiger partial charge in [0.2, 0.25) is 0 Å². The third kappa shape index (κ3) is 2.91. The summed E-state index contributed by atoms with van der Waals surface area (Å²) in [4.78, 5) is 2.03. The molecule has 132 valence electrons. The van der Waals surface area contributed by atoms with Crippen LogP contribution in [0.15, 0.2) is 72.9 Å². The van der Waals surface area contributed by atoms with E-state index in [-0.39, 0.29) is 0 Å². The van der Waals surface area contributed by atoms with Crippen LogP contribution in [-0.4, -0.2) is 12.2 Å². The van der Waals surface area contributed by atoms with Crippen molar-refractivity contribution in [3.63, 3.8) is 0 Å². The fraction of sp³-hybridized carbons (Fsp3) is 0.190. The van der Waals surface area contributed by atoms with Crippen LogP contribution >= 0.6 is 11.6 Å². The lowest BCUT2D eigenvalue weighted by atomic mass is 10.0. The van der Waals surface area contributed by atoms with E-state index < -0.39 is 5.72 Å². The predicted molar refractivity (Wildman–Crippen MR) is 101 cm³/mol. The van der Waals surface area contributed by atoms with Gasteiger partial charge in [-0.15, -0.1) is 0 Å². The summed E-state index contributed by atoms with van der Waals surface area (Å²) in [6.45, 7) is 1.04. The number of aromatic nitrogens is 1.